The number of anilines is 1. The number of halogens is 3. The zero-order chi connectivity index (χ0) is 29.8. The molecule has 46 heavy (non-hydrogen) atoms. The Morgan fingerprint density at radius 2 is 1.54 bits per heavy atom. The number of thioether (sulfide) groups is 1. The predicted molar refractivity (Wildman–Crippen MR) is 190 cm³/mol. The molecule has 1 atom stereocenters. The zero-order valence-electron chi connectivity index (χ0n) is 26.4. The first-order valence-corrected chi connectivity index (χ1v) is 15.4. The summed E-state index contributed by atoms with van der Waals surface area (Å²) in [7, 11) is 1.28. The molecule has 0 aliphatic carbocycles. The minimum Gasteiger partial charge on any atom is -0.468 e. The van der Waals surface area contributed by atoms with Gasteiger partial charge in [0.05, 0.1) is 25.6 Å². The van der Waals surface area contributed by atoms with Crippen LogP contribution < -0.4 is 10.6 Å². The number of piperazine rings is 1. The normalized spacial score (nSPS) is 13.0. The summed E-state index contributed by atoms with van der Waals surface area (Å²) in [6.07, 6.45) is 0.984. The van der Waals surface area contributed by atoms with Gasteiger partial charge in [-0.05, 0) is 62.2 Å². The lowest BCUT2D eigenvalue weighted by Crippen LogP contribution is -2.49. The third-order valence-electron chi connectivity index (χ3n) is 6.81. The van der Waals surface area contributed by atoms with E-state index in [1.807, 2.05) is 30.9 Å². The SMILES string of the molecule is COC(=O)C(N)CSCC(=O)N(CCOC(C)C)c1ccc(C(=O)N2CCN(CCc3ccc(Cl)cc3)CC2)cc1.Cl.Cl.O.O.O. The number of methoxy groups -OCH3 is 1. The molecule has 12 nitrogen and oxygen atoms in total. The molecule has 0 spiro atoms. The van der Waals surface area contributed by atoms with Crippen LogP contribution in [0.25, 0.3) is 0 Å². The quantitative estimate of drug-likeness (QED) is 0.283. The number of nitrogens with zero attached hydrogens (tertiary/aromatic N) is 3. The zero-order valence-corrected chi connectivity index (χ0v) is 29.6. The number of carbonyl (C=O) groups is 3. The average Bonchev–Trinajstić information content (AvgIpc) is 2.98. The van der Waals surface area contributed by atoms with Crippen LogP contribution >= 0.6 is 48.2 Å². The average molecular weight is 732 g/mol. The lowest BCUT2D eigenvalue weighted by Gasteiger charge is -2.35. The summed E-state index contributed by atoms with van der Waals surface area (Å²) in [5.74, 6) is -0.228. The van der Waals surface area contributed by atoms with E-state index in [9.17, 15) is 14.4 Å². The summed E-state index contributed by atoms with van der Waals surface area (Å²) in [5.41, 5.74) is 8.31. The standard InChI is InChI=1S/C30H41ClN4O5S.2ClH.3H2O/c1-22(2)40-19-18-35(28(36)21-41-20-27(32)30(38)39-3)26-10-6-24(7-11-26)29(37)34-16-14-33(15-17-34)13-12-23-4-8-25(31)9-5-23;;;;;/h4-11,22,27H,12-21,32H2,1-3H3;2*1H;3*1H2. The highest BCUT2D eigenvalue weighted by molar-refractivity contribution is 8.00. The third-order valence-corrected chi connectivity index (χ3v) is 8.11. The van der Waals surface area contributed by atoms with Gasteiger partial charge in [0.1, 0.15) is 6.04 Å². The minimum atomic E-state index is -0.786. The van der Waals surface area contributed by atoms with E-state index in [1.54, 1.807) is 29.2 Å². The lowest BCUT2D eigenvalue weighted by molar-refractivity contribution is -0.141. The first-order chi connectivity index (χ1) is 19.7. The molecule has 1 fully saturated rings. The molecule has 1 heterocycles. The number of amides is 2. The summed E-state index contributed by atoms with van der Waals surface area (Å²) >= 11 is 7.26. The lowest BCUT2D eigenvalue weighted by atomic mass is 10.1. The van der Waals surface area contributed by atoms with E-state index in [2.05, 4.69) is 21.8 Å². The van der Waals surface area contributed by atoms with Gasteiger partial charge in [-0.25, -0.2) is 0 Å². The predicted octanol–water partition coefficient (Wildman–Crippen LogP) is 1.70. The van der Waals surface area contributed by atoms with E-state index in [1.165, 1.54) is 24.4 Å². The van der Waals surface area contributed by atoms with Gasteiger partial charge in [0, 0.05) is 61.3 Å². The Morgan fingerprint density at radius 3 is 2.09 bits per heavy atom. The highest BCUT2D eigenvalue weighted by atomic mass is 35.5. The fraction of sp³-hybridized carbons (Fsp3) is 0.500. The van der Waals surface area contributed by atoms with Crippen LogP contribution in [0.1, 0.15) is 29.8 Å². The number of rotatable bonds is 14. The van der Waals surface area contributed by atoms with Crippen molar-refractivity contribution in [2.75, 3.05) is 69.4 Å². The van der Waals surface area contributed by atoms with Crippen molar-refractivity contribution in [1.82, 2.24) is 9.80 Å². The molecule has 0 bridgehead atoms. The molecule has 1 saturated heterocycles. The fourth-order valence-electron chi connectivity index (χ4n) is 4.43. The second-order valence-electron chi connectivity index (χ2n) is 10.2. The number of carbonyl (C=O) groups excluding carboxylic acids is 3. The number of esters is 1. The monoisotopic (exact) mass is 730 g/mol. The summed E-state index contributed by atoms with van der Waals surface area (Å²) in [6.45, 7) is 8.55. The van der Waals surface area contributed by atoms with Gasteiger partial charge in [0.25, 0.3) is 5.91 Å². The Hall–Kier alpha value is -2.17. The van der Waals surface area contributed by atoms with E-state index >= 15 is 0 Å². The van der Waals surface area contributed by atoms with E-state index in [0.29, 0.717) is 37.5 Å². The molecule has 8 N–H and O–H groups in total. The molecule has 0 radical (unpaired) electrons. The number of ether oxygens (including phenoxy) is 2. The smallest absolute Gasteiger partial charge is 0.323 e. The Kier molecular flexibility index (Phi) is 26.1. The van der Waals surface area contributed by atoms with E-state index in [4.69, 9.17) is 22.1 Å². The molecule has 16 heteroatoms. The van der Waals surface area contributed by atoms with Crippen LogP contribution in [-0.4, -0.2) is 121 Å². The maximum atomic E-state index is 13.2. The van der Waals surface area contributed by atoms with E-state index in [0.717, 1.165) is 31.1 Å². The van der Waals surface area contributed by atoms with Gasteiger partial charge in [-0.15, -0.1) is 36.6 Å². The topological polar surface area (TPSA) is 200 Å². The minimum absolute atomic E-state index is 0. The van der Waals surface area contributed by atoms with Crippen molar-refractivity contribution in [1.29, 1.82) is 0 Å². The van der Waals surface area contributed by atoms with Crippen molar-refractivity contribution in [3.8, 4) is 0 Å². The van der Waals surface area contributed by atoms with Crippen molar-refractivity contribution in [2.45, 2.75) is 32.4 Å². The van der Waals surface area contributed by atoms with Crippen molar-refractivity contribution >= 4 is 71.6 Å². The van der Waals surface area contributed by atoms with Crippen molar-refractivity contribution < 1.29 is 40.3 Å². The first-order valence-electron chi connectivity index (χ1n) is 13.9. The van der Waals surface area contributed by atoms with Crippen LogP contribution in [0.2, 0.25) is 5.02 Å². The number of benzene rings is 2. The Morgan fingerprint density at radius 1 is 0.957 bits per heavy atom. The summed E-state index contributed by atoms with van der Waals surface area (Å²) in [6, 6.07) is 14.3. The highest BCUT2D eigenvalue weighted by Crippen LogP contribution is 2.19. The molecule has 3 rings (SSSR count). The third kappa shape index (κ3) is 15.6. The van der Waals surface area contributed by atoms with E-state index < -0.39 is 12.0 Å². The van der Waals surface area contributed by atoms with Gasteiger partial charge >= 0.3 is 5.97 Å². The van der Waals surface area contributed by atoms with Crippen LogP contribution in [0.4, 0.5) is 5.69 Å². The van der Waals surface area contributed by atoms with Crippen LogP contribution in [0, 0.1) is 0 Å². The molecule has 0 aromatic heterocycles. The molecule has 0 saturated carbocycles. The summed E-state index contributed by atoms with van der Waals surface area (Å²) in [4.78, 5) is 43.8. The largest absolute Gasteiger partial charge is 0.468 e. The van der Waals surface area contributed by atoms with Crippen LogP contribution in [-0.2, 0) is 25.5 Å². The van der Waals surface area contributed by atoms with Gasteiger partial charge in [-0.3, -0.25) is 19.3 Å². The molecule has 1 aliphatic rings. The molecular formula is C30H49Cl3N4O8S. The van der Waals surface area contributed by atoms with Gasteiger partial charge < -0.3 is 41.4 Å². The summed E-state index contributed by atoms with van der Waals surface area (Å²) < 4.78 is 10.3. The molecule has 2 aromatic carbocycles. The van der Waals surface area contributed by atoms with Gasteiger partial charge in [0.15, 0.2) is 0 Å². The molecule has 1 aliphatic heterocycles. The number of hydrogen-bond acceptors (Lipinski definition) is 8. The maximum Gasteiger partial charge on any atom is 0.323 e. The van der Waals surface area contributed by atoms with E-state index in [-0.39, 0.29) is 70.7 Å². The Balaban J connectivity index is -0.00000370. The Labute approximate surface area is 293 Å². The van der Waals surface area contributed by atoms with Crippen LogP contribution in [0.15, 0.2) is 48.5 Å². The number of hydrogen-bond donors (Lipinski definition) is 1. The molecule has 2 aromatic rings. The van der Waals surface area contributed by atoms with Crippen molar-refractivity contribution in [3.63, 3.8) is 0 Å². The van der Waals surface area contributed by atoms with Crippen LogP contribution in [0.5, 0.6) is 0 Å². The van der Waals surface area contributed by atoms with Gasteiger partial charge in [-0.2, -0.15) is 0 Å². The highest BCUT2D eigenvalue weighted by Gasteiger charge is 2.23. The van der Waals surface area contributed by atoms with Crippen molar-refractivity contribution in [2.24, 2.45) is 5.73 Å². The van der Waals surface area contributed by atoms with Gasteiger partial charge in [-0.1, -0.05) is 23.7 Å². The molecule has 2 amide bonds. The summed E-state index contributed by atoms with van der Waals surface area (Å²) in [5, 5.41) is 0.741. The van der Waals surface area contributed by atoms with Crippen LogP contribution in [0.3, 0.4) is 0 Å². The first kappa shape index (κ1) is 48.2. The number of nitrogens with two attached hydrogens (primary N) is 1. The maximum absolute atomic E-state index is 13.2. The second kappa shape index (κ2) is 24.9. The second-order valence-corrected chi connectivity index (χ2v) is 11.6. The molecular weight excluding hydrogens is 683 g/mol. The van der Waals surface area contributed by atoms with Crippen molar-refractivity contribution in [3.05, 3.63) is 64.7 Å². The van der Waals surface area contributed by atoms with Gasteiger partial charge in [0.2, 0.25) is 5.91 Å². The fourth-order valence-corrected chi connectivity index (χ4v) is 5.39. The Bertz CT molecular complexity index is 1140. The molecule has 264 valence electrons. The molecule has 1 unspecified atom stereocenters.